The normalized spacial score (nSPS) is 8.92. The minimum atomic E-state index is -0.440. The lowest BCUT2D eigenvalue weighted by atomic mass is 10.2. The molecule has 0 heterocycles. The monoisotopic (exact) mass is 194 g/mol. The highest BCUT2D eigenvalue weighted by Crippen LogP contribution is 2.13. The number of rotatable bonds is 3. The summed E-state index contributed by atoms with van der Waals surface area (Å²) in [5.74, 6) is 0. The smallest absolute Gasteiger partial charge is 0.258 e. The van der Waals surface area contributed by atoms with Crippen molar-refractivity contribution in [1.29, 1.82) is 0 Å². The number of nitro groups is 1. The van der Waals surface area contributed by atoms with Crippen LogP contribution in [0, 0.1) is 10.1 Å². The van der Waals surface area contributed by atoms with E-state index < -0.39 is 4.92 Å². The summed E-state index contributed by atoms with van der Waals surface area (Å²) in [4.78, 5) is 13.6. The van der Waals surface area contributed by atoms with Gasteiger partial charge >= 0.3 is 0 Å². The molecule has 1 rings (SSSR count). The van der Waals surface area contributed by atoms with E-state index in [0.29, 0.717) is 6.54 Å². The third-order valence-electron chi connectivity index (χ3n) is 1.45. The number of hydrogen-bond donors (Lipinski definition) is 0. The van der Waals surface area contributed by atoms with Gasteiger partial charge in [0.1, 0.15) is 0 Å². The molecular weight excluding hydrogens is 188 g/mol. The average molecular weight is 194 g/mol. The lowest BCUT2D eigenvalue weighted by Crippen LogP contribution is -1.89. The van der Waals surface area contributed by atoms with Crippen LogP contribution in [-0.4, -0.2) is 10.1 Å². The van der Waals surface area contributed by atoms with Gasteiger partial charge in [0.25, 0.3) is 5.69 Å². The van der Waals surface area contributed by atoms with E-state index in [0.717, 1.165) is 5.56 Å². The third-order valence-corrected chi connectivity index (χ3v) is 1.58. The molecule has 0 radical (unpaired) electrons. The maximum absolute atomic E-state index is 10.4. The molecule has 0 spiro atoms. The van der Waals surface area contributed by atoms with Gasteiger partial charge in [-0.05, 0) is 17.8 Å². The van der Waals surface area contributed by atoms with Gasteiger partial charge in [-0.3, -0.25) is 10.1 Å². The molecule has 0 N–H and O–H groups in total. The minimum Gasteiger partial charge on any atom is -0.258 e. The van der Waals surface area contributed by atoms with E-state index in [2.05, 4.69) is 22.4 Å². The molecule has 0 aliphatic rings. The van der Waals surface area contributed by atoms with E-state index in [9.17, 15) is 10.1 Å². The van der Waals surface area contributed by atoms with Crippen LogP contribution >= 0.6 is 12.2 Å². The zero-order chi connectivity index (χ0) is 9.68. The van der Waals surface area contributed by atoms with Crippen molar-refractivity contribution in [2.24, 2.45) is 4.99 Å². The summed E-state index contributed by atoms with van der Waals surface area (Å²) in [6.45, 7) is 0.338. The number of benzene rings is 1. The Morgan fingerprint density at radius 2 is 2.38 bits per heavy atom. The molecule has 13 heavy (non-hydrogen) atoms. The highest BCUT2D eigenvalue weighted by molar-refractivity contribution is 7.78. The number of non-ortho nitro benzene ring substituents is 1. The predicted molar refractivity (Wildman–Crippen MR) is 51.8 cm³/mol. The van der Waals surface area contributed by atoms with Crippen molar-refractivity contribution < 1.29 is 4.92 Å². The largest absolute Gasteiger partial charge is 0.269 e. The molecule has 0 unspecified atom stereocenters. The molecule has 0 saturated heterocycles. The second-order valence-corrected chi connectivity index (χ2v) is 2.52. The molecule has 0 fully saturated rings. The van der Waals surface area contributed by atoms with Crippen LogP contribution in [0.4, 0.5) is 5.69 Å². The molecule has 5 heteroatoms. The van der Waals surface area contributed by atoms with Crippen molar-refractivity contribution in [2.75, 3.05) is 0 Å². The van der Waals surface area contributed by atoms with E-state index in [-0.39, 0.29) is 5.69 Å². The lowest BCUT2D eigenvalue weighted by molar-refractivity contribution is -0.384. The van der Waals surface area contributed by atoms with Crippen LogP contribution in [0.25, 0.3) is 0 Å². The van der Waals surface area contributed by atoms with Crippen molar-refractivity contribution in [1.82, 2.24) is 0 Å². The quantitative estimate of drug-likeness (QED) is 0.321. The van der Waals surface area contributed by atoms with Crippen molar-refractivity contribution in [3.8, 4) is 0 Å². The summed E-state index contributed by atoms with van der Waals surface area (Å²) >= 11 is 4.39. The SMILES string of the molecule is O=[N+]([O-])c1cccc(CN=C=S)c1. The van der Waals surface area contributed by atoms with Crippen LogP contribution in [0.2, 0.25) is 0 Å². The average Bonchev–Trinajstić information content (AvgIpc) is 2.15. The van der Waals surface area contributed by atoms with Crippen LogP contribution in [0.15, 0.2) is 29.3 Å². The first kappa shape index (κ1) is 9.51. The Kier molecular flexibility index (Phi) is 3.25. The number of hydrogen-bond acceptors (Lipinski definition) is 4. The van der Waals surface area contributed by atoms with Crippen LogP contribution in [-0.2, 0) is 6.54 Å². The first-order chi connectivity index (χ1) is 6.24. The van der Waals surface area contributed by atoms with Crippen molar-refractivity contribution >= 4 is 23.1 Å². The number of nitrogens with zero attached hydrogens (tertiary/aromatic N) is 2. The highest BCUT2D eigenvalue weighted by Gasteiger charge is 2.04. The fourth-order valence-corrected chi connectivity index (χ4v) is 0.956. The van der Waals surface area contributed by atoms with E-state index >= 15 is 0 Å². The summed E-state index contributed by atoms with van der Waals surface area (Å²) in [6.07, 6.45) is 0. The van der Waals surface area contributed by atoms with Crippen LogP contribution in [0.5, 0.6) is 0 Å². The number of isothiocyanates is 1. The van der Waals surface area contributed by atoms with Crippen molar-refractivity contribution in [3.63, 3.8) is 0 Å². The topological polar surface area (TPSA) is 55.5 Å². The molecule has 1 aromatic rings. The molecule has 1 aromatic carbocycles. The Morgan fingerprint density at radius 1 is 1.62 bits per heavy atom. The maximum atomic E-state index is 10.4. The standard InChI is InChI=1S/C8H6N2O2S/c11-10(12)8-3-1-2-7(4-8)5-9-6-13/h1-4H,5H2. The molecule has 66 valence electrons. The van der Waals surface area contributed by atoms with Crippen molar-refractivity contribution in [3.05, 3.63) is 39.9 Å². The lowest BCUT2D eigenvalue weighted by Gasteiger charge is -1.94. The zero-order valence-corrected chi connectivity index (χ0v) is 7.45. The van der Waals surface area contributed by atoms with Crippen LogP contribution in [0.3, 0.4) is 0 Å². The minimum absolute atomic E-state index is 0.0667. The Morgan fingerprint density at radius 3 is 3.00 bits per heavy atom. The summed E-state index contributed by atoms with van der Waals surface area (Å²) in [5, 5.41) is 12.6. The van der Waals surface area contributed by atoms with Gasteiger partial charge in [0.05, 0.1) is 16.6 Å². The Hall–Kier alpha value is -1.58. The summed E-state index contributed by atoms with van der Waals surface area (Å²) in [7, 11) is 0. The second kappa shape index (κ2) is 4.45. The van der Waals surface area contributed by atoms with E-state index in [1.807, 2.05) is 0 Å². The Labute approximate surface area is 80.1 Å². The van der Waals surface area contributed by atoms with Gasteiger partial charge in [0, 0.05) is 12.1 Å². The molecule has 0 bridgehead atoms. The summed E-state index contributed by atoms with van der Waals surface area (Å²) in [6, 6.07) is 6.27. The first-order valence-electron chi connectivity index (χ1n) is 3.51. The molecule has 0 saturated carbocycles. The van der Waals surface area contributed by atoms with Crippen LogP contribution < -0.4 is 0 Å². The third kappa shape index (κ3) is 2.74. The van der Waals surface area contributed by atoms with Crippen LogP contribution in [0.1, 0.15) is 5.56 Å². The van der Waals surface area contributed by atoms with Gasteiger partial charge < -0.3 is 0 Å². The number of nitro benzene ring substituents is 1. The molecule has 0 aliphatic carbocycles. The Balaban J connectivity index is 2.91. The fourth-order valence-electron chi connectivity index (χ4n) is 0.892. The maximum Gasteiger partial charge on any atom is 0.269 e. The molecule has 0 atom stereocenters. The van der Waals surface area contributed by atoms with Gasteiger partial charge in [-0.25, -0.2) is 4.99 Å². The summed E-state index contributed by atoms with van der Waals surface area (Å²) < 4.78 is 0. The first-order valence-corrected chi connectivity index (χ1v) is 3.92. The van der Waals surface area contributed by atoms with Crippen molar-refractivity contribution in [2.45, 2.75) is 6.54 Å². The highest BCUT2D eigenvalue weighted by atomic mass is 32.1. The molecular formula is C8H6N2O2S. The molecule has 4 nitrogen and oxygen atoms in total. The molecule has 0 aliphatic heterocycles. The zero-order valence-electron chi connectivity index (χ0n) is 6.64. The Bertz CT molecular complexity index is 372. The summed E-state index contributed by atoms with van der Waals surface area (Å²) in [5.41, 5.74) is 0.823. The van der Waals surface area contributed by atoms with E-state index in [1.54, 1.807) is 12.1 Å². The molecule has 0 amide bonds. The second-order valence-electron chi connectivity index (χ2n) is 2.33. The van der Waals surface area contributed by atoms with Gasteiger partial charge in [-0.1, -0.05) is 12.1 Å². The predicted octanol–water partition coefficient (Wildman–Crippen LogP) is 2.20. The van der Waals surface area contributed by atoms with Gasteiger partial charge in [-0.2, -0.15) is 0 Å². The van der Waals surface area contributed by atoms with E-state index in [4.69, 9.17) is 0 Å². The molecule has 0 aromatic heterocycles. The number of aliphatic imine (C=N–C) groups is 1. The van der Waals surface area contributed by atoms with E-state index in [1.165, 1.54) is 12.1 Å². The van der Waals surface area contributed by atoms with Gasteiger partial charge in [0.15, 0.2) is 0 Å². The number of thiocarbonyl (C=S) groups is 1. The fraction of sp³-hybridized carbons (Fsp3) is 0.125. The van der Waals surface area contributed by atoms with Gasteiger partial charge in [-0.15, -0.1) is 0 Å². The van der Waals surface area contributed by atoms with Gasteiger partial charge in [0.2, 0.25) is 0 Å².